The maximum atomic E-state index is 11.6. The van der Waals surface area contributed by atoms with Gasteiger partial charge in [0.2, 0.25) is 0 Å². The van der Waals surface area contributed by atoms with Gasteiger partial charge in [-0.05, 0) is 38.5 Å². The third-order valence-corrected chi connectivity index (χ3v) is 4.67. The van der Waals surface area contributed by atoms with Crippen LogP contribution in [0.25, 0.3) is 0 Å². The molecule has 1 aliphatic carbocycles. The molecule has 1 aliphatic heterocycles. The van der Waals surface area contributed by atoms with Crippen LogP contribution in [0.3, 0.4) is 0 Å². The molecule has 120 valence electrons. The van der Waals surface area contributed by atoms with Gasteiger partial charge in [-0.15, -0.1) is 0 Å². The van der Waals surface area contributed by atoms with Gasteiger partial charge in [-0.1, -0.05) is 0 Å². The number of aliphatic hydroxyl groups excluding tert-OH is 1. The lowest BCUT2D eigenvalue weighted by Crippen LogP contribution is -2.52. The highest BCUT2D eigenvalue weighted by atomic mass is 16.5. The van der Waals surface area contributed by atoms with Crippen LogP contribution < -0.4 is 4.74 Å². The number of carbonyl (C=O) groups is 1. The fourth-order valence-corrected chi connectivity index (χ4v) is 3.29. The van der Waals surface area contributed by atoms with E-state index < -0.39 is 11.7 Å². The fraction of sp³-hybridized carbons (Fsp3) is 0.444. The van der Waals surface area contributed by atoms with Crippen LogP contribution in [0, 0.1) is 11.3 Å². The van der Waals surface area contributed by atoms with E-state index in [0.29, 0.717) is 24.2 Å². The number of rotatable bonds is 2. The Hall–Kier alpha value is -2.32. The molecule has 1 aromatic carbocycles. The van der Waals surface area contributed by atoms with Gasteiger partial charge in [0.25, 0.3) is 0 Å². The number of hydrogen-bond donors (Lipinski definition) is 1. The van der Waals surface area contributed by atoms with Gasteiger partial charge < -0.3 is 14.7 Å². The number of allylic oxidation sites excluding steroid dienone is 2. The Morgan fingerprint density at radius 3 is 2.74 bits per heavy atom. The van der Waals surface area contributed by atoms with Crippen molar-refractivity contribution < 1.29 is 14.6 Å². The minimum absolute atomic E-state index is 0.110. The summed E-state index contributed by atoms with van der Waals surface area (Å²) >= 11 is 0. The maximum absolute atomic E-state index is 11.6. The maximum Gasteiger partial charge on any atom is 0.157 e. The molecule has 2 atom stereocenters. The monoisotopic (exact) mass is 312 g/mol. The Kier molecular flexibility index (Phi) is 3.65. The van der Waals surface area contributed by atoms with E-state index in [1.54, 1.807) is 24.3 Å². The van der Waals surface area contributed by atoms with Gasteiger partial charge in [0.05, 0.1) is 17.7 Å². The second-order valence-corrected chi connectivity index (χ2v) is 6.67. The number of ketones is 1. The molecule has 0 saturated carbocycles. The van der Waals surface area contributed by atoms with E-state index in [0.717, 1.165) is 11.3 Å². The molecular weight excluding hydrogens is 292 g/mol. The highest BCUT2D eigenvalue weighted by molar-refractivity contribution is 5.92. The molecule has 5 nitrogen and oxygen atoms in total. The zero-order valence-corrected chi connectivity index (χ0v) is 13.5. The normalized spacial score (nSPS) is 25.2. The van der Waals surface area contributed by atoms with Crippen molar-refractivity contribution in [2.75, 3.05) is 7.05 Å². The van der Waals surface area contributed by atoms with Gasteiger partial charge in [0.1, 0.15) is 17.5 Å². The highest BCUT2D eigenvalue weighted by Gasteiger charge is 2.45. The van der Waals surface area contributed by atoms with Crippen LogP contribution in [0.4, 0.5) is 0 Å². The van der Waals surface area contributed by atoms with Gasteiger partial charge in [0, 0.05) is 30.8 Å². The predicted octanol–water partition coefficient (Wildman–Crippen LogP) is 2.31. The quantitative estimate of drug-likeness (QED) is 0.907. The predicted molar refractivity (Wildman–Crippen MR) is 84.7 cm³/mol. The number of nitriles is 1. The molecule has 1 aromatic rings. The van der Waals surface area contributed by atoms with Gasteiger partial charge >= 0.3 is 0 Å². The lowest BCUT2D eigenvalue weighted by molar-refractivity contribution is -0.114. The number of ether oxygens (including phenoxy) is 1. The minimum Gasteiger partial charge on any atom is -0.485 e. The van der Waals surface area contributed by atoms with Crippen molar-refractivity contribution in [1.82, 2.24) is 4.90 Å². The van der Waals surface area contributed by atoms with Crippen molar-refractivity contribution in [2.24, 2.45) is 0 Å². The summed E-state index contributed by atoms with van der Waals surface area (Å²) in [4.78, 5) is 13.5. The second kappa shape index (κ2) is 5.39. The summed E-state index contributed by atoms with van der Waals surface area (Å²) in [5.74, 6) is 0.778. The van der Waals surface area contributed by atoms with Crippen molar-refractivity contribution in [1.29, 1.82) is 5.26 Å². The molecule has 0 aromatic heterocycles. The molecule has 1 N–H and O–H groups in total. The van der Waals surface area contributed by atoms with Gasteiger partial charge in [-0.2, -0.15) is 5.26 Å². The average molecular weight is 312 g/mol. The fourth-order valence-electron chi connectivity index (χ4n) is 3.29. The standard InChI is InChI=1S/C18H20N2O3/c1-18(2)17(22)16(20(3)12-5-6-13(21)9-12)14-8-11(10-19)4-7-15(14)23-18/h4,7-9,16-17,22H,5-6H2,1-3H3/t16-,17+/m1/s1. The summed E-state index contributed by atoms with van der Waals surface area (Å²) in [6.07, 6.45) is 2.04. The number of carbonyl (C=O) groups excluding carboxylic acids is 1. The van der Waals surface area contributed by atoms with Crippen molar-refractivity contribution in [3.05, 3.63) is 41.1 Å². The van der Waals surface area contributed by atoms with Crippen LogP contribution in [0.15, 0.2) is 30.0 Å². The molecule has 2 aliphatic rings. The summed E-state index contributed by atoms with van der Waals surface area (Å²) in [6.45, 7) is 3.68. The Balaban J connectivity index is 2.09. The smallest absolute Gasteiger partial charge is 0.157 e. The van der Waals surface area contributed by atoms with Crippen molar-refractivity contribution in [3.8, 4) is 11.8 Å². The molecule has 0 saturated heterocycles. The first kappa shape index (κ1) is 15.6. The lowest BCUT2D eigenvalue weighted by atomic mass is 9.85. The average Bonchev–Trinajstić information content (AvgIpc) is 2.94. The number of aliphatic hydroxyl groups is 1. The number of nitrogens with zero attached hydrogens (tertiary/aromatic N) is 2. The molecule has 0 spiro atoms. The first-order valence-corrected chi connectivity index (χ1v) is 7.71. The van der Waals surface area contributed by atoms with Crippen molar-refractivity contribution >= 4 is 5.78 Å². The summed E-state index contributed by atoms with van der Waals surface area (Å²) in [5, 5.41) is 20.0. The first-order chi connectivity index (χ1) is 10.8. The second-order valence-electron chi connectivity index (χ2n) is 6.67. The summed E-state index contributed by atoms with van der Waals surface area (Å²) in [5.41, 5.74) is 1.45. The molecule has 3 rings (SSSR count). The topological polar surface area (TPSA) is 73.6 Å². The number of benzene rings is 1. The zero-order chi connectivity index (χ0) is 16.8. The number of fused-ring (bicyclic) bond motifs is 1. The van der Waals surface area contributed by atoms with Crippen LogP contribution in [-0.2, 0) is 4.79 Å². The Bertz CT molecular complexity index is 730. The third-order valence-electron chi connectivity index (χ3n) is 4.67. The van der Waals surface area contributed by atoms with E-state index in [2.05, 4.69) is 6.07 Å². The molecule has 0 radical (unpaired) electrons. The van der Waals surface area contributed by atoms with Gasteiger partial charge in [-0.3, -0.25) is 4.79 Å². The number of hydrogen-bond acceptors (Lipinski definition) is 5. The minimum atomic E-state index is -0.787. The molecule has 0 fully saturated rings. The summed E-state index contributed by atoms with van der Waals surface area (Å²) in [7, 11) is 1.88. The molecule has 23 heavy (non-hydrogen) atoms. The van der Waals surface area contributed by atoms with Crippen LogP contribution in [0.5, 0.6) is 5.75 Å². The van der Waals surface area contributed by atoms with E-state index in [-0.39, 0.29) is 11.8 Å². The molecule has 5 heteroatoms. The van der Waals surface area contributed by atoms with Crippen LogP contribution in [-0.4, -0.2) is 34.5 Å². The van der Waals surface area contributed by atoms with E-state index in [9.17, 15) is 9.90 Å². The van der Waals surface area contributed by atoms with Crippen LogP contribution in [0.1, 0.15) is 43.9 Å². The van der Waals surface area contributed by atoms with Gasteiger partial charge in [0.15, 0.2) is 5.78 Å². The van der Waals surface area contributed by atoms with Crippen molar-refractivity contribution in [3.63, 3.8) is 0 Å². The molecule has 0 unspecified atom stereocenters. The molecule has 0 bridgehead atoms. The molecular formula is C18H20N2O3. The van der Waals surface area contributed by atoms with E-state index >= 15 is 0 Å². The molecule has 1 heterocycles. The highest BCUT2D eigenvalue weighted by Crippen LogP contribution is 2.44. The Morgan fingerprint density at radius 1 is 1.39 bits per heavy atom. The van der Waals surface area contributed by atoms with Crippen molar-refractivity contribution in [2.45, 2.75) is 44.4 Å². The summed E-state index contributed by atoms with van der Waals surface area (Å²) < 4.78 is 5.92. The van der Waals surface area contributed by atoms with Crippen LogP contribution >= 0.6 is 0 Å². The number of likely N-dealkylation sites (N-methyl/N-ethyl adjacent to an activating group) is 1. The lowest BCUT2D eigenvalue weighted by Gasteiger charge is -2.46. The van der Waals surface area contributed by atoms with E-state index in [1.807, 2.05) is 25.8 Å². The Labute approximate surface area is 135 Å². The Morgan fingerprint density at radius 2 is 2.13 bits per heavy atom. The van der Waals surface area contributed by atoms with E-state index in [1.165, 1.54) is 0 Å². The van der Waals surface area contributed by atoms with E-state index in [4.69, 9.17) is 10.00 Å². The van der Waals surface area contributed by atoms with Gasteiger partial charge in [-0.25, -0.2) is 0 Å². The summed E-state index contributed by atoms with van der Waals surface area (Å²) in [6, 6.07) is 7.00. The SMILES string of the molecule is CN(C1=CC(=O)CC1)[C@@H]1c2cc(C#N)ccc2OC(C)(C)[C@H]1O. The first-order valence-electron chi connectivity index (χ1n) is 7.71. The van der Waals surface area contributed by atoms with Crippen LogP contribution in [0.2, 0.25) is 0 Å². The largest absolute Gasteiger partial charge is 0.485 e. The molecule has 0 amide bonds. The third kappa shape index (κ3) is 2.60. The zero-order valence-electron chi connectivity index (χ0n) is 13.5.